The highest BCUT2D eigenvalue weighted by atomic mass is 19.3. The zero-order valence-corrected chi connectivity index (χ0v) is 19.1. The number of ether oxygens (including phenoxy) is 1. The lowest BCUT2D eigenvalue weighted by molar-refractivity contribution is -0.0698. The number of aryl methyl sites for hydroxylation is 1. The van der Waals surface area contributed by atoms with E-state index in [1.54, 1.807) is 12.1 Å². The van der Waals surface area contributed by atoms with Gasteiger partial charge in [-0.1, -0.05) is 18.2 Å². The average Bonchev–Trinajstić information content (AvgIpc) is 2.81. The third kappa shape index (κ3) is 5.04. The third-order valence-corrected chi connectivity index (χ3v) is 6.09. The summed E-state index contributed by atoms with van der Waals surface area (Å²) >= 11 is 0. The van der Waals surface area contributed by atoms with Crippen LogP contribution >= 0.6 is 0 Å². The van der Waals surface area contributed by atoms with Crippen molar-refractivity contribution in [2.24, 2.45) is 0 Å². The first-order valence-electron chi connectivity index (χ1n) is 11.1. The molecule has 1 aliphatic heterocycles. The number of nitrogens with zero attached hydrogens (tertiary/aromatic N) is 4. The smallest absolute Gasteiger partial charge is 0.296 e. The van der Waals surface area contributed by atoms with Crippen LogP contribution in [-0.4, -0.2) is 53.2 Å². The van der Waals surface area contributed by atoms with Gasteiger partial charge in [-0.3, -0.25) is 4.98 Å². The van der Waals surface area contributed by atoms with Gasteiger partial charge in [-0.25, -0.2) is 0 Å². The van der Waals surface area contributed by atoms with Gasteiger partial charge in [0, 0.05) is 31.1 Å². The summed E-state index contributed by atoms with van der Waals surface area (Å²) in [5.41, 5.74) is 3.02. The van der Waals surface area contributed by atoms with Gasteiger partial charge in [-0.15, -0.1) is 5.10 Å². The number of aliphatic hydroxyl groups excluding tert-OH is 1. The van der Waals surface area contributed by atoms with E-state index in [9.17, 15) is 13.9 Å². The van der Waals surface area contributed by atoms with Crippen LogP contribution in [0.2, 0.25) is 0 Å². The van der Waals surface area contributed by atoms with Crippen LogP contribution in [0.5, 0.6) is 0 Å². The number of halogens is 2. The van der Waals surface area contributed by atoms with Crippen LogP contribution in [0.25, 0.3) is 10.9 Å². The monoisotopic (exact) mass is 457 g/mol. The van der Waals surface area contributed by atoms with Gasteiger partial charge in [0.05, 0.1) is 35.2 Å². The molecule has 0 saturated carbocycles. The highest BCUT2D eigenvalue weighted by Gasteiger charge is 2.32. The maximum absolute atomic E-state index is 14.3. The van der Waals surface area contributed by atoms with E-state index < -0.39 is 12.5 Å². The molecule has 0 bridgehead atoms. The number of benzene rings is 1. The Bertz CT molecular complexity index is 1120. The Morgan fingerprint density at radius 1 is 1.24 bits per heavy atom. The summed E-state index contributed by atoms with van der Waals surface area (Å²) in [5.74, 6) is -2.52. The van der Waals surface area contributed by atoms with Gasteiger partial charge >= 0.3 is 0 Å². The van der Waals surface area contributed by atoms with E-state index in [1.165, 1.54) is 19.2 Å². The summed E-state index contributed by atoms with van der Waals surface area (Å²) < 4.78 is 33.3. The molecular weight excluding hydrogens is 428 g/mol. The molecule has 33 heavy (non-hydrogen) atoms. The molecule has 0 aliphatic carbocycles. The molecule has 9 heteroatoms. The van der Waals surface area contributed by atoms with E-state index >= 15 is 0 Å². The number of hydrogen-bond donors (Lipinski definition) is 2. The topological polar surface area (TPSA) is 83.4 Å². The SMILES string of the molecule is COCC(F)(F)c1cccc([C@@H](C)Nc2nnc(C)c3ncc(N4CCC(O)CC4)cc23)c1. The van der Waals surface area contributed by atoms with Crippen LogP contribution in [0.15, 0.2) is 36.5 Å². The normalized spacial score (nSPS) is 16.2. The fraction of sp³-hybridized carbons (Fsp3) is 0.458. The Balaban J connectivity index is 1.63. The lowest BCUT2D eigenvalue weighted by atomic mass is 10.0. The number of anilines is 2. The fourth-order valence-corrected chi connectivity index (χ4v) is 4.14. The first-order valence-corrected chi connectivity index (χ1v) is 11.1. The Morgan fingerprint density at radius 2 is 2.00 bits per heavy atom. The maximum atomic E-state index is 14.3. The van der Waals surface area contributed by atoms with E-state index in [0.29, 0.717) is 17.1 Å². The van der Waals surface area contributed by atoms with Crippen molar-refractivity contribution < 1.29 is 18.6 Å². The summed E-state index contributed by atoms with van der Waals surface area (Å²) in [5, 5.41) is 22.5. The lowest BCUT2D eigenvalue weighted by Crippen LogP contribution is -2.35. The number of fused-ring (bicyclic) bond motifs is 1. The summed E-state index contributed by atoms with van der Waals surface area (Å²) in [7, 11) is 1.26. The Labute approximate surface area is 191 Å². The van der Waals surface area contributed by atoms with Crippen molar-refractivity contribution in [3.05, 3.63) is 53.3 Å². The zero-order chi connectivity index (χ0) is 23.6. The number of aliphatic hydroxyl groups is 1. The number of rotatable bonds is 7. The average molecular weight is 458 g/mol. The Hall–Kier alpha value is -2.91. The zero-order valence-electron chi connectivity index (χ0n) is 19.1. The number of alkyl halides is 2. The number of methoxy groups -OCH3 is 1. The predicted octanol–water partition coefficient (Wildman–Crippen LogP) is 4.21. The minimum Gasteiger partial charge on any atom is -0.393 e. The summed E-state index contributed by atoms with van der Waals surface area (Å²) in [6.07, 6.45) is 3.01. The maximum Gasteiger partial charge on any atom is 0.296 e. The minimum atomic E-state index is -3.07. The highest BCUT2D eigenvalue weighted by Crippen LogP contribution is 2.32. The van der Waals surface area contributed by atoms with Crippen LogP contribution in [0.4, 0.5) is 20.3 Å². The molecule has 3 heterocycles. The fourth-order valence-electron chi connectivity index (χ4n) is 4.14. The van der Waals surface area contributed by atoms with Gasteiger partial charge in [0.1, 0.15) is 6.61 Å². The van der Waals surface area contributed by atoms with Crippen molar-refractivity contribution in [3.8, 4) is 0 Å². The molecule has 1 saturated heterocycles. The molecule has 176 valence electrons. The van der Waals surface area contributed by atoms with Gasteiger partial charge in [-0.2, -0.15) is 13.9 Å². The van der Waals surface area contributed by atoms with Gasteiger partial charge in [0.2, 0.25) is 0 Å². The van der Waals surface area contributed by atoms with E-state index in [-0.39, 0.29) is 17.7 Å². The number of nitrogens with one attached hydrogen (secondary N) is 1. The van der Waals surface area contributed by atoms with Crippen molar-refractivity contribution in [2.75, 3.05) is 37.0 Å². The standard InChI is InChI=1S/C24H29F2N5O2/c1-15(17-5-4-6-18(11-17)24(25,26)14-33-3)28-23-21-12-19(31-9-7-20(32)8-10-31)13-27-22(21)16(2)29-30-23/h4-6,11-13,15,20,32H,7-10,14H2,1-3H3,(H,28,30)/t15-/m1/s1. The summed E-state index contributed by atoms with van der Waals surface area (Å²) in [6, 6.07) is 8.05. The number of pyridine rings is 1. The number of hydrogen-bond acceptors (Lipinski definition) is 7. The molecule has 0 unspecified atom stereocenters. The molecule has 0 amide bonds. The number of aromatic nitrogens is 3. The minimum absolute atomic E-state index is 0.0911. The molecule has 0 spiro atoms. The van der Waals surface area contributed by atoms with E-state index in [0.717, 1.165) is 42.5 Å². The van der Waals surface area contributed by atoms with Crippen LogP contribution < -0.4 is 10.2 Å². The molecular formula is C24H29F2N5O2. The second-order valence-corrected chi connectivity index (χ2v) is 8.57. The number of piperidine rings is 1. The van der Waals surface area contributed by atoms with Crippen molar-refractivity contribution >= 4 is 22.4 Å². The van der Waals surface area contributed by atoms with E-state index in [1.807, 2.05) is 26.1 Å². The second kappa shape index (κ2) is 9.52. The molecule has 3 aromatic rings. The highest BCUT2D eigenvalue weighted by molar-refractivity contribution is 5.92. The third-order valence-electron chi connectivity index (χ3n) is 6.09. The molecule has 1 aromatic carbocycles. The molecule has 4 rings (SSSR count). The Morgan fingerprint density at radius 3 is 2.73 bits per heavy atom. The first kappa shape index (κ1) is 23.3. The predicted molar refractivity (Wildman–Crippen MR) is 124 cm³/mol. The Kier molecular flexibility index (Phi) is 6.71. The van der Waals surface area contributed by atoms with Gasteiger partial charge in [0.25, 0.3) is 5.92 Å². The molecule has 1 atom stereocenters. The van der Waals surface area contributed by atoms with E-state index in [4.69, 9.17) is 0 Å². The molecule has 2 N–H and O–H groups in total. The van der Waals surface area contributed by atoms with Crippen LogP contribution in [0, 0.1) is 6.92 Å². The largest absolute Gasteiger partial charge is 0.393 e. The molecule has 1 aliphatic rings. The summed E-state index contributed by atoms with van der Waals surface area (Å²) in [4.78, 5) is 6.82. The lowest BCUT2D eigenvalue weighted by Gasteiger charge is -2.31. The summed E-state index contributed by atoms with van der Waals surface area (Å²) in [6.45, 7) is 4.59. The van der Waals surface area contributed by atoms with Crippen LogP contribution in [-0.2, 0) is 10.7 Å². The molecule has 0 radical (unpaired) electrons. The first-order chi connectivity index (χ1) is 15.8. The van der Waals surface area contributed by atoms with Gasteiger partial charge in [0.15, 0.2) is 5.82 Å². The van der Waals surface area contributed by atoms with Crippen molar-refractivity contribution in [3.63, 3.8) is 0 Å². The van der Waals surface area contributed by atoms with Crippen molar-refractivity contribution in [1.82, 2.24) is 15.2 Å². The van der Waals surface area contributed by atoms with Gasteiger partial charge in [-0.05, 0) is 44.4 Å². The van der Waals surface area contributed by atoms with E-state index in [2.05, 4.69) is 30.1 Å². The second-order valence-electron chi connectivity index (χ2n) is 8.57. The molecule has 1 fully saturated rings. The van der Waals surface area contributed by atoms with Crippen molar-refractivity contribution in [1.29, 1.82) is 0 Å². The van der Waals surface area contributed by atoms with Gasteiger partial charge < -0.3 is 20.1 Å². The van der Waals surface area contributed by atoms with Crippen LogP contribution in [0.3, 0.4) is 0 Å². The molecule has 7 nitrogen and oxygen atoms in total. The van der Waals surface area contributed by atoms with Crippen molar-refractivity contribution in [2.45, 2.75) is 44.8 Å². The molecule has 2 aromatic heterocycles. The quantitative estimate of drug-likeness (QED) is 0.550. The van der Waals surface area contributed by atoms with Crippen LogP contribution in [0.1, 0.15) is 42.6 Å².